The van der Waals surface area contributed by atoms with Crippen molar-refractivity contribution < 1.29 is 14.0 Å². The summed E-state index contributed by atoms with van der Waals surface area (Å²) in [7, 11) is 1.62. The molecule has 0 atom stereocenters. The molecule has 3 rings (SSSR count). The number of hydrogen-bond acceptors (Lipinski definition) is 6. The molecule has 1 saturated carbocycles. The van der Waals surface area contributed by atoms with E-state index in [2.05, 4.69) is 10.1 Å². The molecule has 20 heavy (non-hydrogen) atoms. The second kappa shape index (κ2) is 5.50. The summed E-state index contributed by atoms with van der Waals surface area (Å²) < 4.78 is 16.1. The summed E-state index contributed by atoms with van der Waals surface area (Å²) in [6, 6.07) is 5.53. The Hall–Kier alpha value is -2.08. The number of methoxy groups -OCH3 is 1. The van der Waals surface area contributed by atoms with Crippen molar-refractivity contribution in [2.24, 2.45) is 5.73 Å². The maximum absolute atomic E-state index is 5.71. The van der Waals surface area contributed by atoms with Crippen LogP contribution >= 0.6 is 0 Å². The molecule has 106 valence electrons. The minimum absolute atomic E-state index is 0.273. The van der Waals surface area contributed by atoms with Crippen molar-refractivity contribution >= 4 is 0 Å². The molecule has 1 aliphatic rings. The van der Waals surface area contributed by atoms with E-state index in [1.54, 1.807) is 7.11 Å². The van der Waals surface area contributed by atoms with E-state index in [4.69, 9.17) is 19.7 Å². The molecule has 0 amide bonds. The van der Waals surface area contributed by atoms with E-state index >= 15 is 0 Å². The third-order valence-electron chi connectivity index (χ3n) is 3.25. The number of nitrogens with two attached hydrogens (primary N) is 1. The molecule has 0 unspecified atom stereocenters. The van der Waals surface area contributed by atoms with Crippen molar-refractivity contribution in [3.8, 4) is 11.5 Å². The maximum Gasteiger partial charge on any atom is 0.229 e. The van der Waals surface area contributed by atoms with Crippen LogP contribution in [0.4, 0.5) is 0 Å². The van der Waals surface area contributed by atoms with Crippen LogP contribution in [0, 0.1) is 0 Å². The minimum Gasteiger partial charge on any atom is -0.497 e. The van der Waals surface area contributed by atoms with Crippen LogP contribution in [-0.4, -0.2) is 17.3 Å². The molecule has 1 aliphatic carbocycles. The van der Waals surface area contributed by atoms with Gasteiger partial charge >= 0.3 is 0 Å². The summed E-state index contributed by atoms with van der Waals surface area (Å²) >= 11 is 0. The number of ether oxygens (including phenoxy) is 2. The Morgan fingerprint density at radius 2 is 2.25 bits per heavy atom. The fraction of sp³-hybridized carbons (Fsp3) is 0.429. The minimum atomic E-state index is 0.273. The highest BCUT2D eigenvalue weighted by Crippen LogP contribution is 2.38. The first-order valence-corrected chi connectivity index (χ1v) is 6.62. The average Bonchev–Trinajstić information content (AvgIpc) is 3.24. The van der Waals surface area contributed by atoms with Crippen molar-refractivity contribution in [1.82, 2.24) is 10.1 Å². The molecule has 1 aromatic heterocycles. The summed E-state index contributed by atoms with van der Waals surface area (Å²) in [6.45, 7) is 0.654. The predicted octanol–water partition coefficient (Wildman–Crippen LogP) is 1.99. The van der Waals surface area contributed by atoms with Gasteiger partial charge in [-0.2, -0.15) is 4.98 Å². The van der Waals surface area contributed by atoms with Gasteiger partial charge in [0.15, 0.2) is 6.61 Å². The third-order valence-corrected chi connectivity index (χ3v) is 3.25. The van der Waals surface area contributed by atoms with Crippen LogP contribution in [0.5, 0.6) is 11.5 Å². The number of hydrogen-bond donors (Lipinski definition) is 1. The van der Waals surface area contributed by atoms with Crippen LogP contribution in [0.1, 0.15) is 36.0 Å². The summed E-state index contributed by atoms with van der Waals surface area (Å²) in [6.07, 6.45) is 2.27. The van der Waals surface area contributed by atoms with Crippen LogP contribution in [0.2, 0.25) is 0 Å². The Morgan fingerprint density at radius 1 is 1.40 bits per heavy atom. The number of benzene rings is 1. The summed E-state index contributed by atoms with van der Waals surface area (Å²) in [4.78, 5) is 4.32. The SMILES string of the molecule is COc1ccc(OCc2noc(C3CC3)n2)c(CN)c1. The van der Waals surface area contributed by atoms with Gasteiger partial charge in [0.05, 0.1) is 7.11 Å². The molecule has 0 bridgehead atoms. The zero-order valence-corrected chi connectivity index (χ0v) is 11.3. The summed E-state index contributed by atoms with van der Waals surface area (Å²) in [5.74, 6) is 3.21. The van der Waals surface area contributed by atoms with Crippen molar-refractivity contribution in [3.63, 3.8) is 0 Å². The molecule has 2 N–H and O–H groups in total. The number of rotatable bonds is 6. The zero-order chi connectivity index (χ0) is 13.9. The van der Waals surface area contributed by atoms with Crippen LogP contribution in [-0.2, 0) is 13.2 Å². The Labute approximate surface area is 116 Å². The van der Waals surface area contributed by atoms with Gasteiger partial charge in [-0.3, -0.25) is 0 Å². The molecule has 2 aromatic rings. The van der Waals surface area contributed by atoms with Crippen molar-refractivity contribution in [2.45, 2.75) is 31.9 Å². The highest BCUT2D eigenvalue weighted by Gasteiger charge is 2.29. The van der Waals surface area contributed by atoms with Gasteiger partial charge in [0.1, 0.15) is 11.5 Å². The van der Waals surface area contributed by atoms with Crippen molar-refractivity contribution in [2.75, 3.05) is 7.11 Å². The first-order valence-electron chi connectivity index (χ1n) is 6.62. The third kappa shape index (κ3) is 2.75. The Kier molecular flexibility index (Phi) is 3.56. The van der Waals surface area contributed by atoms with Gasteiger partial charge in [-0.05, 0) is 31.0 Å². The van der Waals surface area contributed by atoms with E-state index in [-0.39, 0.29) is 6.61 Å². The Balaban J connectivity index is 1.67. The lowest BCUT2D eigenvalue weighted by Crippen LogP contribution is -2.04. The van der Waals surface area contributed by atoms with Crippen molar-refractivity contribution in [1.29, 1.82) is 0 Å². The lowest BCUT2D eigenvalue weighted by Gasteiger charge is -2.10. The highest BCUT2D eigenvalue weighted by atomic mass is 16.5. The first kappa shape index (κ1) is 12.9. The predicted molar refractivity (Wildman–Crippen MR) is 71.5 cm³/mol. The second-order valence-electron chi connectivity index (χ2n) is 4.79. The topological polar surface area (TPSA) is 83.4 Å². The van der Waals surface area contributed by atoms with Gasteiger partial charge in [0.2, 0.25) is 11.7 Å². The van der Waals surface area contributed by atoms with Crippen LogP contribution in [0.25, 0.3) is 0 Å². The number of nitrogens with zero attached hydrogens (tertiary/aromatic N) is 2. The molecule has 0 saturated heterocycles. The molecular formula is C14H17N3O3. The summed E-state index contributed by atoms with van der Waals surface area (Å²) in [5.41, 5.74) is 6.59. The molecular weight excluding hydrogens is 258 g/mol. The van der Waals surface area contributed by atoms with E-state index in [9.17, 15) is 0 Å². The van der Waals surface area contributed by atoms with E-state index in [0.29, 0.717) is 24.0 Å². The van der Waals surface area contributed by atoms with E-state index in [1.807, 2.05) is 18.2 Å². The normalized spacial score (nSPS) is 14.3. The van der Waals surface area contributed by atoms with Gasteiger partial charge in [-0.15, -0.1) is 0 Å². The molecule has 0 radical (unpaired) electrons. The van der Waals surface area contributed by atoms with Gasteiger partial charge in [-0.25, -0.2) is 0 Å². The average molecular weight is 275 g/mol. The lowest BCUT2D eigenvalue weighted by atomic mass is 10.2. The van der Waals surface area contributed by atoms with E-state index < -0.39 is 0 Å². The van der Waals surface area contributed by atoms with Gasteiger partial charge in [0.25, 0.3) is 0 Å². The maximum atomic E-state index is 5.71. The van der Waals surface area contributed by atoms with Gasteiger partial charge in [0, 0.05) is 18.0 Å². The Morgan fingerprint density at radius 3 is 2.95 bits per heavy atom. The fourth-order valence-electron chi connectivity index (χ4n) is 1.95. The standard InChI is InChI=1S/C14H17N3O3/c1-18-11-4-5-12(10(6-11)7-15)19-8-13-16-14(20-17-13)9-2-3-9/h4-6,9H,2-3,7-8,15H2,1H3. The Bertz CT molecular complexity index is 593. The van der Waals surface area contributed by atoms with E-state index in [0.717, 1.165) is 30.0 Å². The van der Waals surface area contributed by atoms with Gasteiger partial charge in [-0.1, -0.05) is 5.16 Å². The molecule has 1 aromatic carbocycles. The smallest absolute Gasteiger partial charge is 0.229 e. The molecule has 0 aliphatic heterocycles. The molecule has 6 heteroatoms. The van der Waals surface area contributed by atoms with Gasteiger partial charge < -0.3 is 19.7 Å². The molecule has 1 heterocycles. The van der Waals surface area contributed by atoms with E-state index in [1.165, 1.54) is 0 Å². The van der Waals surface area contributed by atoms with Crippen LogP contribution in [0.3, 0.4) is 0 Å². The zero-order valence-electron chi connectivity index (χ0n) is 11.3. The monoisotopic (exact) mass is 275 g/mol. The largest absolute Gasteiger partial charge is 0.497 e. The lowest BCUT2D eigenvalue weighted by molar-refractivity contribution is 0.282. The molecule has 0 spiro atoms. The van der Waals surface area contributed by atoms with Crippen molar-refractivity contribution in [3.05, 3.63) is 35.5 Å². The molecule has 1 fully saturated rings. The quantitative estimate of drug-likeness (QED) is 0.868. The molecule has 6 nitrogen and oxygen atoms in total. The second-order valence-corrected chi connectivity index (χ2v) is 4.79. The number of aromatic nitrogens is 2. The fourth-order valence-corrected chi connectivity index (χ4v) is 1.95. The van der Waals surface area contributed by atoms with Crippen LogP contribution in [0.15, 0.2) is 22.7 Å². The summed E-state index contributed by atoms with van der Waals surface area (Å²) in [5, 5.41) is 3.91. The first-order chi connectivity index (χ1) is 9.80. The highest BCUT2D eigenvalue weighted by molar-refractivity contribution is 5.40. The van der Waals surface area contributed by atoms with Crippen LogP contribution < -0.4 is 15.2 Å².